The molecule has 1 aliphatic rings. The van der Waals surface area contributed by atoms with Gasteiger partial charge in [-0.15, -0.1) is 0 Å². The van der Waals surface area contributed by atoms with E-state index in [9.17, 15) is 9.59 Å². The van der Waals surface area contributed by atoms with Gasteiger partial charge >= 0.3 is 5.97 Å². The lowest BCUT2D eigenvalue weighted by molar-refractivity contribution is -0.203. The molecule has 0 atom stereocenters. The summed E-state index contributed by atoms with van der Waals surface area (Å²) in [7, 11) is 3.93. The van der Waals surface area contributed by atoms with Crippen LogP contribution in [0.1, 0.15) is 26.3 Å². The summed E-state index contributed by atoms with van der Waals surface area (Å²) in [4.78, 5) is 25.5. The summed E-state index contributed by atoms with van der Waals surface area (Å²) < 4.78 is 10.6. The number of hydrogen-bond acceptors (Lipinski definition) is 5. The van der Waals surface area contributed by atoms with Gasteiger partial charge < -0.3 is 14.4 Å². The Kier molecular flexibility index (Phi) is 5.33. The maximum Gasteiger partial charge on any atom is 0.337 e. The van der Waals surface area contributed by atoms with E-state index in [2.05, 4.69) is 11.8 Å². The van der Waals surface area contributed by atoms with E-state index in [1.165, 1.54) is 13.0 Å². The summed E-state index contributed by atoms with van der Waals surface area (Å²) in [6.07, 6.45) is 2.62. The Morgan fingerprint density at radius 1 is 1.16 bits per heavy atom. The third-order valence-corrected chi connectivity index (χ3v) is 3.41. The molecule has 0 spiro atoms. The van der Waals surface area contributed by atoms with Crippen LogP contribution < -0.4 is 4.90 Å². The van der Waals surface area contributed by atoms with Crippen molar-refractivity contribution in [3.05, 3.63) is 53.3 Å². The largest absolute Gasteiger partial charge is 0.452 e. The first-order chi connectivity index (χ1) is 11.7. The second-order valence-electron chi connectivity index (χ2n) is 6.26. The molecule has 0 fully saturated rings. The average molecular weight is 339 g/mol. The van der Waals surface area contributed by atoms with Crippen LogP contribution in [0, 0.1) is 11.8 Å². The van der Waals surface area contributed by atoms with Gasteiger partial charge in [-0.1, -0.05) is 11.8 Å². The quantitative estimate of drug-likeness (QED) is 0.481. The predicted molar refractivity (Wildman–Crippen MR) is 95.8 cm³/mol. The normalized spacial score (nSPS) is 16.0. The maximum atomic E-state index is 11.9. The molecule has 130 valence electrons. The van der Waals surface area contributed by atoms with Gasteiger partial charge in [-0.2, -0.15) is 0 Å². The number of ether oxygens (including phenoxy) is 2. The molecule has 1 heterocycles. The summed E-state index contributed by atoms with van der Waals surface area (Å²) in [5.41, 5.74) is 2.14. The summed E-state index contributed by atoms with van der Waals surface area (Å²) in [5, 5.41) is 0. The summed E-state index contributed by atoms with van der Waals surface area (Å²) in [6, 6.07) is 7.73. The topological polar surface area (TPSA) is 55.8 Å². The van der Waals surface area contributed by atoms with Crippen LogP contribution in [-0.2, 0) is 19.1 Å². The minimum atomic E-state index is -1.12. The number of hydrogen-bond donors (Lipinski definition) is 0. The molecular formula is C20H21NO4. The number of rotatable bonds is 3. The fourth-order valence-electron chi connectivity index (χ4n) is 2.21. The highest BCUT2D eigenvalue weighted by atomic mass is 16.7. The Hall–Kier alpha value is -3.00. The summed E-state index contributed by atoms with van der Waals surface area (Å²) in [5.74, 6) is 4.08. The fraction of sp³-hybridized carbons (Fsp3) is 0.300. The van der Waals surface area contributed by atoms with Gasteiger partial charge in [-0.3, -0.25) is 4.79 Å². The van der Waals surface area contributed by atoms with Gasteiger partial charge in [0, 0.05) is 45.3 Å². The predicted octanol–water partition coefficient (Wildman–Crippen LogP) is 2.81. The van der Waals surface area contributed by atoms with E-state index < -0.39 is 11.8 Å². The molecule has 1 aliphatic heterocycles. The van der Waals surface area contributed by atoms with Crippen LogP contribution in [-0.4, -0.2) is 31.6 Å². The number of Topliss-reactive ketones (excluding diaryl/α,β-unsaturated/α-hetero) is 1. The third kappa shape index (κ3) is 4.98. The molecule has 0 radical (unpaired) electrons. The number of anilines is 1. The zero-order chi connectivity index (χ0) is 18.6. The van der Waals surface area contributed by atoms with Gasteiger partial charge in [0.2, 0.25) is 5.79 Å². The smallest absolute Gasteiger partial charge is 0.337 e. The minimum absolute atomic E-state index is 0.172. The Bertz CT molecular complexity index is 802. The Labute approximate surface area is 147 Å². The minimum Gasteiger partial charge on any atom is -0.452 e. The van der Waals surface area contributed by atoms with Crippen LogP contribution in [0.4, 0.5) is 5.69 Å². The van der Waals surface area contributed by atoms with Crippen molar-refractivity contribution in [3.8, 4) is 11.8 Å². The molecule has 0 saturated carbocycles. The number of esters is 1. The van der Waals surface area contributed by atoms with Gasteiger partial charge in [0.15, 0.2) is 5.78 Å². The second-order valence-corrected chi connectivity index (χ2v) is 6.26. The van der Waals surface area contributed by atoms with Crippen molar-refractivity contribution in [2.24, 2.45) is 0 Å². The van der Waals surface area contributed by atoms with E-state index in [4.69, 9.17) is 9.47 Å². The summed E-state index contributed by atoms with van der Waals surface area (Å²) in [6.45, 7) is 4.61. The number of benzene rings is 1. The Balaban J connectivity index is 2.27. The van der Waals surface area contributed by atoms with E-state index in [1.807, 2.05) is 43.3 Å². The Morgan fingerprint density at radius 2 is 1.80 bits per heavy atom. The van der Waals surface area contributed by atoms with E-state index in [1.54, 1.807) is 13.8 Å². The first kappa shape index (κ1) is 18.3. The fourth-order valence-corrected chi connectivity index (χ4v) is 2.21. The lowest BCUT2D eigenvalue weighted by Gasteiger charge is -2.30. The van der Waals surface area contributed by atoms with Crippen molar-refractivity contribution in [3.63, 3.8) is 0 Å². The monoisotopic (exact) mass is 339 g/mol. The van der Waals surface area contributed by atoms with Crippen molar-refractivity contribution < 1.29 is 19.1 Å². The van der Waals surface area contributed by atoms with Gasteiger partial charge in [-0.25, -0.2) is 4.79 Å². The van der Waals surface area contributed by atoms with Crippen molar-refractivity contribution in [2.75, 3.05) is 19.0 Å². The van der Waals surface area contributed by atoms with Crippen LogP contribution >= 0.6 is 0 Å². The maximum absolute atomic E-state index is 11.9. The van der Waals surface area contributed by atoms with Gasteiger partial charge in [-0.05, 0) is 31.2 Å². The van der Waals surface area contributed by atoms with Crippen molar-refractivity contribution in [1.29, 1.82) is 0 Å². The molecule has 5 nitrogen and oxygen atoms in total. The standard InChI is InChI=1S/C20H21NO4/c1-14(22)17(18-13-19(23)25-20(2,3)24-18)8-6-7-15-9-11-16(12-10-15)21(4)5/h8-13H,1-5H3/b17-8+. The van der Waals surface area contributed by atoms with E-state index >= 15 is 0 Å². The molecule has 0 aliphatic carbocycles. The van der Waals surface area contributed by atoms with Gasteiger partial charge in [0.1, 0.15) is 5.76 Å². The lowest BCUT2D eigenvalue weighted by atomic mass is 10.1. The molecule has 5 heteroatoms. The number of nitrogens with zero attached hydrogens (tertiary/aromatic N) is 1. The van der Waals surface area contributed by atoms with E-state index in [0.717, 1.165) is 17.3 Å². The SMILES string of the molecule is CC(=O)/C(=C\C#Cc1ccc(N(C)C)cc1)C1=CC(=O)OC(C)(C)O1. The molecule has 0 aromatic heterocycles. The highest BCUT2D eigenvalue weighted by Crippen LogP contribution is 2.26. The molecule has 0 amide bonds. The molecule has 0 saturated heterocycles. The lowest BCUT2D eigenvalue weighted by Crippen LogP contribution is -2.35. The summed E-state index contributed by atoms with van der Waals surface area (Å²) >= 11 is 0. The number of ketones is 1. The van der Waals surface area contributed by atoms with E-state index in [0.29, 0.717) is 0 Å². The first-order valence-electron chi connectivity index (χ1n) is 7.82. The van der Waals surface area contributed by atoms with Crippen molar-refractivity contribution >= 4 is 17.4 Å². The van der Waals surface area contributed by atoms with Crippen LogP contribution in [0.15, 0.2) is 47.7 Å². The highest BCUT2D eigenvalue weighted by Gasteiger charge is 2.32. The van der Waals surface area contributed by atoms with Crippen LogP contribution in [0.25, 0.3) is 0 Å². The van der Waals surface area contributed by atoms with Crippen LogP contribution in [0.2, 0.25) is 0 Å². The zero-order valence-corrected chi connectivity index (χ0v) is 15.0. The number of carbonyl (C=O) groups excluding carboxylic acids is 2. The van der Waals surface area contributed by atoms with Crippen molar-refractivity contribution in [1.82, 2.24) is 0 Å². The van der Waals surface area contributed by atoms with Crippen molar-refractivity contribution in [2.45, 2.75) is 26.6 Å². The molecular weight excluding hydrogens is 318 g/mol. The second kappa shape index (κ2) is 7.27. The Morgan fingerprint density at radius 3 is 2.32 bits per heavy atom. The number of allylic oxidation sites excluding steroid dienone is 2. The van der Waals surface area contributed by atoms with Gasteiger partial charge in [0.05, 0.1) is 11.6 Å². The number of carbonyl (C=O) groups is 2. The molecule has 25 heavy (non-hydrogen) atoms. The van der Waals surface area contributed by atoms with Crippen LogP contribution in [0.5, 0.6) is 0 Å². The molecule has 2 rings (SSSR count). The molecule has 0 unspecified atom stereocenters. The number of cyclic esters (lactones) is 1. The average Bonchev–Trinajstić information content (AvgIpc) is 2.49. The molecule has 1 aromatic rings. The zero-order valence-electron chi connectivity index (χ0n) is 15.0. The van der Waals surface area contributed by atoms with Crippen LogP contribution in [0.3, 0.4) is 0 Å². The van der Waals surface area contributed by atoms with Gasteiger partial charge in [0.25, 0.3) is 0 Å². The molecule has 0 N–H and O–H groups in total. The third-order valence-electron chi connectivity index (χ3n) is 3.41. The molecule has 1 aromatic carbocycles. The first-order valence-corrected chi connectivity index (χ1v) is 7.82. The van der Waals surface area contributed by atoms with E-state index in [-0.39, 0.29) is 17.1 Å². The highest BCUT2D eigenvalue weighted by molar-refractivity contribution is 5.99. The molecule has 0 bridgehead atoms.